The zero-order valence-electron chi connectivity index (χ0n) is 11.6. The summed E-state index contributed by atoms with van der Waals surface area (Å²) in [6, 6.07) is 13.8. The maximum atomic E-state index is 12.2. The van der Waals surface area contributed by atoms with Gasteiger partial charge in [-0.2, -0.15) is 0 Å². The number of para-hydroxylation sites is 1. The fraction of sp³-hybridized carbons (Fsp3) is 0.0588. The number of fused-ring (bicyclic) bond motifs is 1. The lowest BCUT2D eigenvalue weighted by Crippen LogP contribution is -2.42. The minimum absolute atomic E-state index is 0.0648. The Bertz CT molecular complexity index is 909. The van der Waals surface area contributed by atoms with Crippen molar-refractivity contribution in [1.29, 1.82) is 0 Å². The molecule has 0 aliphatic rings. The number of hydrogen-bond acceptors (Lipinski definition) is 3. The second-order valence-corrected chi connectivity index (χ2v) is 4.86. The van der Waals surface area contributed by atoms with E-state index in [1.165, 1.54) is 13.0 Å². The van der Waals surface area contributed by atoms with Crippen LogP contribution in [0.15, 0.2) is 57.7 Å². The highest BCUT2D eigenvalue weighted by Crippen LogP contribution is 2.28. The van der Waals surface area contributed by atoms with Gasteiger partial charge in [0.05, 0.1) is 16.5 Å². The fourth-order valence-corrected chi connectivity index (χ4v) is 2.38. The van der Waals surface area contributed by atoms with E-state index in [1.807, 2.05) is 6.07 Å². The molecule has 0 unspecified atom stereocenters. The Morgan fingerprint density at radius 2 is 1.86 bits per heavy atom. The molecule has 0 saturated carbocycles. The van der Waals surface area contributed by atoms with Gasteiger partial charge in [0, 0.05) is 6.07 Å². The Kier molecular flexibility index (Phi) is 3.16. The lowest BCUT2D eigenvalue weighted by Gasteiger charge is -2.06. The van der Waals surface area contributed by atoms with Crippen LogP contribution in [0, 0.1) is 0 Å². The molecular weight excluding hydrogens is 266 g/mol. The first kappa shape index (κ1) is 13.3. The van der Waals surface area contributed by atoms with Crippen LogP contribution in [0.5, 0.6) is 0 Å². The maximum absolute atomic E-state index is 12.2. The van der Waals surface area contributed by atoms with Crippen molar-refractivity contribution in [2.75, 3.05) is 0 Å². The van der Waals surface area contributed by atoms with Crippen LogP contribution in [0.4, 0.5) is 5.69 Å². The number of Topliss-reactive ketones (excluding diaryl/α,β-unsaturated/α-hetero) is 1. The van der Waals surface area contributed by atoms with Gasteiger partial charge in [-0.25, -0.2) is 0 Å². The number of benzene rings is 2. The van der Waals surface area contributed by atoms with Gasteiger partial charge in [-0.05, 0) is 31.2 Å². The van der Waals surface area contributed by atoms with Gasteiger partial charge in [0.1, 0.15) is 17.0 Å². The Balaban J connectivity index is 2.29. The van der Waals surface area contributed by atoms with Crippen LogP contribution in [-0.4, -0.2) is 5.78 Å². The van der Waals surface area contributed by atoms with E-state index in [4.69, 9.17) is 4.42 Å². The van der Waals surface area contributed by atoms with Gasteiger partial charge in [-0.3, -0.25) is 9.59 Å². The van der Waals surface area contributed by atoms with E-state index < -0.39 is 0 Å². The Morgan fingerprint density at radius 3 is 2.62 bits per heavy atom. The van der Waals surface area contributed by atoms with Crippen LogP contribution < -0.4 is 11.2 Å². The highest BCUT2D eigenvalue weighted by molar-refractivity contribution is 6.00. The van der Waals surface area contributed by atoms with E-state index in [1.54, 1.807) is 36.4 Å². The number of quaternary nitrogens is 1. The molecule has 0 spiro atoms. The van der Waals surface area contributed by atoms with Crippen LogP contribution in [0.25, 0.3) is 22.3 Å². The third-order valence-corrected chi connectivity index (χ3v) is 3.46. The SMILES string of the molecule is CC(=O)c1cccc(-c2cc(=O)c3ccccc3o2)c1[NH3+]. The minimum Gasteiger partial charge on any atom is -0.456 e. The second-order valence-electron chi connectivity index (χ2n) is 4.86. The summed E-state index contributed by atoms with van der Waals surface area (Å²) in [5.41, 5.74) is 6.12. The molecule has 0 saturated heterocycles. The number of carbonyl (C=O) groups excluding carboxylic acids is 1. The molecule has 0 atom stereocenters. The molecule has 1 heterocycles. The van der Waals surface area contributed by atoms with Gasteiger partial charge in [-0.1, -0.05) is 18.2 Å². The minimum atomic E-state index is -0.112. The highest BCUT2D eigenvalue weighted by atomic mass is 16.3. The van der Waals surface area contributed by atoms with Crippen LogP contribution in [0.1, 0.15) is 17.3 Å². The van der Waals surface area contributed by atoms with Gasteiger partial charge in [-0.15, -0.1) is 0 Å². The molecule has 4 nitrogen and oxygen atoms in total. The van der Waals surface area contributed by atoms with Crippen molar-refractivity contribution < 1.29 is 14.9 Å². The molecule has 0 fully saturated rings. The quantitative estimate of drug-likeness (QED) is 0.733. The van der Waals surface area contributed by atoms with Crippen molar-refractivity contribution in [1.82, 2.24) is 0 Å². The molecule has 4 heteroatoms. The smallest absolute Gasteiger partial charge is 0.193 e. The zero-order chi connectivity index (χ0) is 15.0. The maximum Gasteiger partial charge on any atom is 0.193 e. The number of rotatable bonds is 2. The third-order valence-electron chi connectivity index (χ3n) is 3.46. The average molecular weight is 280 g/mol. The van der Waals surface area contributed by atoms with Crippen LogP contribution in [0.2, 0.25) is 0 Å². The highest BCUT2D eigenvalue weighted by Gasteiger charge is 2.16. The van der Waals surface area contributed by atoms with Gasteiger partial charge in [0.15, 0.2) is 11.2 Å². The molecular formula is C17H14NO3+. The Hall–Kier alpha value is -2.72. The average Bonchev–Trinajstić information content (AvgIpc) is 2.47. The lowest BCUT2D eigenvalue weighted by atomic mass is 10.0. The van der Waals surface area contributed by atoms with E-state index in [0.717, 1.165) is 0 Å². The van der Waals surface area contributed by atoms with Crippen molar-refractivity contribution in [3.63, 3.8) is 0 Å². The molecule has 21 heavy (non-hydrogen) atoms. The Morgan fingerprint density at radius 1 is 1.10 bits per heavy atom. The predicted octanol–water partition coefficient (Wildman–Crippen LogP) is 2.54. The first-order valence-corrected chi connectivity index (χ1v) is 6.57. The summed E-state index contributed by atoms with van der Waals surface area (Å²) in [7, 11) is 0. The molecule has 0 amide bonds. The fourth-order valence-electron chi connectivity index (χ4n) is 2.38. The van der Waals surface area contributed by atoms with E-state index >= 15 is 0 Å². The van der Waals surface area contributed by atoms with Crippen molar-refractivity contribution >= 4 is 22.4 Å². The lowest BCUT2D eigenvalue weighted by molar-refractivity contribution is -0.254. The summed E-state index contributed by atoms with van der Waals surface area (Å²) in [5, 5.41) is 0.537. The van der Waals surface area contributed by atoms with E-state index in [0.29, 0.717) is 33.5 Å². The Labute approximate surface area is 120 Å². The van der Waals surface area contributed by atoms with Gasteiger partial charge in [0.25, 0.3) is 0 Å². The van der Waals surface area contributed by atoms with E-state index in [-0.39, 0.29) is 11.2 Å². The molecule has 0 aliphatic heterocycles. The van der Waals surface area contributed by atoms with Crippen molar-refractivity contribution in [3.8, 4) is 11.3 Å². The molecule has 3 aromatic rings. The third kappa shape index (κ3) is 2.26. The summed E-state index contributed by atoms with van der Waals surface area (Å²) in [4.78, 5) is 23.8. The molecule has 3 rings (SSSR count). The molecule has 0 aliphatic carbocycles. The molecule has 2 aromatic carbocycles. The number of hydrogen-bond donors (Lipinski definition) is 1. The summed E-state index contributed by atoms with van der Waals surface area (Å²) in [5.74, 6) is 0.358. The van der Waals surface area contributed by atoms with Crippen molar-refractivity contribution in [3.05, 3.63) is 64.3 Å². The zero-order valence-corrected chi connectivity index (χ0v) is 11.6. The van der Waals surface area contributed by atoms with Crippen LogP contribution in [-0.2, 0) is 0 Å². The first-order chi connectivity index (χ1) is 10.1. The van der Waals surface area contributed by atoms with E-state index in [9.17, 15) is 9.59 Å². The van der Waals surface area contributed by atoms with Crippen molar-refractivity contribution in [2.45, 2.75) is 6.92 Å². The van der Waals surface area contributed by atoms with E-state index in [2.05, 4.69) is 5.73 Å². The van der Waals surface area contributed by atoms with Crippen LogP contribution in [0.3, 0.4) is 0 Å². The molecule has 0 bridgehead atoms. The molecule has 1 aromatic heterocycles. The summed E-state index contributed by atoms with van der Waals surface area (Å²) in [6.45, 7) is 1.49. The molecule has 0 radical (unpaired) electrons. The normalized spacial score (nSPS) is 10.8. The topological polar surface area (TPSA) is 74.9 Å². The standard InChI is InChI=1S/C17H13NO3/c1-10(19)11-6-4-7-13(17(11)18)16-9-14(20)12-5-2-3-8-15(12)21-16/h2-9H,18H2,1H3/p+1. The van der Waals surface area contributed by atoms with Gasteiger partial charge >= 0.3 is 0 Å². The summed E-state index contributed by atoms with van der Waals surface area (Å²) < 4.78 is 5.79. The largest absolute Gasteiger partial charge is 0.456 e. The predicted molar refractivity (Wildman–Crippen MR) is 80.5 cm³/mol. The monoisotopic (exact) mass is 280 g/mol. The van der Waals surface area contributed by atoms with Crippen LogP contribution >= 0.6 is 0 Å². The molecule has 104 valence electrons. The molecule has 3 N–H and O–H groups in total. The van der Waals surface area contributed by atoms with Gasteiger partial charge in [0.2, 0.25) is 0 Å². The number of carbonyl (C=O) groups is 1. The number of ketones is 1. The van der Waals surface area contributed by atoms with Crippen molar-refractivity contribution in [2.24, 2.45) is 0 Å². The summed E-state index contributed by atoms with van der Waals surface area (Å²) in [6.07, 6.45) is 0. The van der Waals surface area contributed by atoms with Gasteiger partial charge < -0.3 is 10.2 Å². The second kappa shape index (κ2) is 5.00. The summed E-state index contributed by atoms with van der Waals surface area (Å²) >= 11 is 0. The first-order valence-electron chi connectivity index (χ1n) is 6.57.